The van der Waals surface area contributed by atoms with Crippen molar-refractivity contribution in [2.45, 2.75) is 13.8 Å². The van der Waals surface area contributed by atoms with Crippen molar-refractivity contribution in [1.82, 2.24) is 24.7 Å². The van der Waals surface area contributed by atoms with E-state index in [1.807, 2.05) is 26.0 Å². The number of ether oxygens (including phenoxy) is 3. The van der Waals surface area contributed by atoms with Crippen LogP contribution >= 0.6 is 28.3 Å². The molecule has 0 spiro atoms. The van der Waals surface area contributed by atoms with Crippen LogP contribution < -0.4 is 0 Å². The average molecular weight is 730 g/mol. The van der Waals surface area contributed by atoms with Gasteiger partial charge >= 0.3 is 33.1 Å². The fourth-order valence-electron chi connectivity index (χ4n) is 5.17. The third kappa shape index (κ3) is 10.0. The normalized spacial score (nSPS) is 19.2. The van der Waals surface area contributed by atoms with Crippen LogP contribution in [0.15, 0.2) is 36.4 Å². The second-order valence-electron chi connectivity index (χ2n) is 10.4. The maximum absolute atomic E-state index is 5.49. The van der Waals surface area contributed by atoms with Gasteiger partial charge in [-0.25, -0.2) is 0 Å². The molecule has 0 radical (unpaired) electrons. The van der Waals surface area contributed by atoms with E-state index in [0.29, 0.717) is 0 Å². The van der Waals surface area contributed by atoms with E-state index in [2.05, 4.69) is 61.7 Å². The Kier molecular flexibility index (Phi) is 14.2. The van der Waals surface area contributed by atoms with Gasteiger partial charge in [0.2, 0.25) is 0 Å². The van der Waals surface area contributed by atoms with Gasteiger partial charge in [-0.2, -0.15) is 0 Å². The molecule has 0 N–H and O–H groups in total. The van der Waals surface area contributed by atoms with E-state index < -0.39 is 0 Å². The monoisotopic (exact) mass is 729 g/mol. The van der Waals surface area contributed by atoms with Crippen molar-refractivity contribution in [2.75, 3.05) is 97.8 Å². The van der Waals surface area contributed by atoms with Crippen LogP contribution in [0.3, 0.4) is 0 Å². The molecule has 0 bridgehead atoms. The molecule has 224 valence electrons. The quantitative estimate of drug-likeness (QED) is 0.158. The molecule has 0 aliphatic carbocycles. The van der Waals surface area contributed by atoms with Crippen LogP contribution in [0.2, 0.25) is 0 Å². The van der Waals surface area contributed by atoms with Crippen LogP contribution in [0, 0.1) is 13.8 Å². The van der Waals surface area contributed by atoms with Crippen molar-refractivity contribution >= 4 is 50.1 Å². The molecule has 2 aromatic heterocycles. The zero-order valence-electron chi connectivity index (χ0n) is 23.7. The number of nitrogens with zero attached hydrogens (tertiary/aromatic N) is 5. The van der Waals surface area contributed by atoms with E-state index in [9.17, 15) is 0 Å². The number of morpholine rings is 3. The third-order valence-corrected chi connectivity index (χ3v) is 9.71. The van der Waals surface area contributed by atoms with E-state index in [0.717, 1.165) is 112 Å². The molecule has 5 heterocycles. The molecule has 0 amide bonds. The van der Waals surface area contributed by atoms with Crippen molar-refractivity contribution in [3.63, 3.8) is 0 Å². The Bertz CT molecular complexity index is 1070. The maximum atomic E-state index is 5.49. The first-order valence-corrected chi connectivity index (χ1v) is 19.0. The van der Waals surface area contributed by atoms with Gasteiger partial charge in [-0.15, -0.1) is 0 Å². The Morgan fingerprint density at radius 2 is 0.900 bits per heavy atom. The molecule has 3 fully saturated rings. The Morgan fingerprint density at radius 1 is 0.600 bits per heavy atom. The summed E-state index contributed by atoms with van der Waals surface area (Å²) in [5, 5.41) is 2.30. The fourth-order valence-corrected chi connectivity index (χ4v) is 7.99. The molecule has 3 aliphatic heterocycles. The van der Waals surface area contributed by atoms with E-state index >= 15 is 0 Å². The number of pyridine rings is 2. The van der Waals surface area contributed by atoms with Crippen molar-refractivity contribution in [3.8, 4) is 0 Å². The first kappa shape index (κ1) is 32.4. The Morgan fingerprint density at radius 3 is 1.23 bits per heavy atom. The van der Waals surface area contributed by atoms with Gasteiger partial charge in [0.05, 0.1) is 50.7 Å². The first-order chi connectivity index (χ1) is 19.6. The second kappa shape index (κ2) is 17.6. The van der Waals surface area contributed by atoms with E-state index in [-0.39, 0.29) is 7.92 Å². The van der Waals surface area contributed by atoms with Gasteiger partial charge in [-0.3, -0.25) is 24.7 Å². The van der Waals surface area contributed by atoms with Gasteiger partial charge in [0.15, 0.2) is 0 Å². The average Bonchev–Trinajstić information content (AvgIpc) is 3.00. The first-order valence-electron chi connectivity index (χ1n) is 14.0. The number of aromatic nitrogens is 2. The predicted molar refractivity (Wildman–Crippen MR) is 169 cm³/mol. The van der Waals surface area contributed by atoms with Crippen molar-refractivity contribution in [3.05, 3.63) is 47.8 Å². The van der Waals surface area contributed by atoms with Crippen LogP contribution in [0.1, 0.15) is 11.4 Å². The van der Waals surface area contributed by atoms with E-state index in [1.165, 1.54) is 18.9 Å². The molecule has 3 aromatic rings. The third-order valence-electron chi connectivity index (χ3n) is 7.31. The zero-order valence-corrected chi connectivity index (χ0v) is 27.7. The van der Waals surface area contributed by atoms with Crippen LogP contribution in [0.4, 0.5) is 0 Å². The number of benzene rings is 1. The van der Waals surface area contributed by atoms with Crippen LogP contribution in [-0.2, 0) is 27.0 Å². The van der Waals surface area contributed by atoms with Gasteiger partial charge in [0.25, 0.3) is 0 Å². The Hall–Kier alpha value is -0.521. The number of fused-ring (bicyclic) bond motifs is 3. The molecule has 1 aromatic carbocycles. The molecule has 11 heteroatoms. The summed E-state index contributed by atoms with van der Waals surface area (Å²) in [4.78, 5) is 17.0. The predicted octanol–water partition coefficient (Wildman–Crippen LogP) is 4.62. The van der Waals surface area contributed by atoms with Gasteiger partial charge < -0.3 is 14.2 Å². The SMILES string of the molecule is C1CN(CP(CN2CCOCC2)CN2CCOCC2)CCO1.Cc1ccc2ccc3ccc(C)nc3c2n1.[Cu][I]. The number of hydrogen-bond acceptors (Lipinski definition) is 8. The summed E-state index contributed by atoms with van der Waals surface area (Å²) in [7, 11) is -0.0181. The standard InChI is InChI=1S/C15H30N3O3P.C14H12N2.Cu.HI/c1-7-19-8-2-16(1)13-22(14-17-3-9-20-10-4-17)15-18-5-11-21-12-6-18;1-9-3-5-11-7-8-12-6-4-10(2)16-14(12)13(11)15-9;;/h1-15H2;3-8H,1-2H3;;1H/q;;+1;/p-1. The van der Waals surface area contributed by atoms with Crippen LogP contribution in [0.25, 0.3) is 21.8 Å². The molecular weight excluding hydrogens is 688 g/mol. The molecule has 40 heavy (non-hydrogen) atoms. The molecular formula is C29H42CuIN5O3P. The Labute approximate surface area is 259 Å². The Balaban J connectivity index is 0.000000181. The summed E-state index contributed by atoms with van der Waals surface area (Å²) in [6, 6.07) is 12.5. The summed E-state index contributed by atoms with van der Waals surface area (Å²) < 4.78 is 16.5. The molecule has 8 nitrogen and oxygen atoms in total. The molecule has 0 unspecified atom stereocenters. The molecule has 0 atom stereocenters. The fraction of sp³-hybridized carbons (Fsp3) is 0.586. The molecule has 0 saturated carbocycles. The van der Waals surface area contributed by atoms with E-state index in [1.54, 1.807) is 20.3 Å². The zero-order chi connectivity index (χ0) is 28.2. The number of halogens is 1. The van der Waals surface area contributed by atoms with Gasteiger partial charge in [0.1, 0.15) is 0 Å². The van der Waals surface area contributed by atoms with Gasteiger partial charge in [0, 0.05) is 80.3 Å². The summed E-state index contributed by atoms with van der Waals surface area (Å²) >= 11 is 5.87. The topological polar surface area (TPSA) is 63.2 Å². The summed E-state index contributed by atoms with van der Waals surface area (Å²) in [6.45, 7) is 16.0. The summed E-state index contributed by atoms with van der Waals surface area (Å²) in [6.07, 6.45) is 3.77. The van der Waals surface area contributed by atoms with Crippen molar-refractivity contribution in [2.24, 2.45) is 0 Å². The number of aryl methyl sites for hydroxylation is 2. The molecule has 6 rings (SSSR count). The minimum absolute atomic E-state index is 0.0181. The molecule has 3 saturated heterocycles. The minimum atomic E-state index is -0.0181. The summed E-state index contributed by atoms with van der Waals surface area (Å²) in [5.74, 6) is 0. The van der Waals surface area contributed by atoms with Crippen molar-refractivity contribution in [1.29, 1.82) is 0 Å². The number of hydrogen-bond donors (Lipinski definition) is 0. The molecule has 3 aliphatic rings. The second-order valence-corrected chi connectivity index (χ2v) is 12.6. The summed E-state index contributed by atoms with van der Waals surface area (Å²) in [5.41, 5.74) is 4.06. The van der Waals surface area contributed by atoms with Crippen LogP contribution in [0.5, 0.6) is 0 Å². The van der Waals surface area contributed by atoms with Gasteiger partial charge in [-0.05, 0) is 26.0 Å². The van der Waals surface area contributed by atoms with Gasteiger partial charge in [-0.1, -0.05) is 32.2 Å². The van der Waals surface area contributed by atoms with E-state index in [4.69, 9.17) is 14.2 Å². The van der Waals surface area contributed by atoms with Crippen molar-refractivity contribution < 1.29 is 27.0 Å². The van der Waals surface area contributed by atoms with Crippen LogP contribution in [-0.4, -0.2) is 122 Å². The number of rotatable bonds is 6.